The average Bonchev–Trinajstić information content (AvgIpc) is 2.01. The molecule has 0 spiro atoms. The van der Waals surface area contributed by atoms with Gasteiger partial charge >= 0.3 is 0 Å². The zero-order chi connectivity index (χ0) is 8.97. The highest BCUT2D eigenvalue weighted by Gasteiger charge is 2.15. The Labute approximate surface area is 73.3 Å². The maximum atomic E-state index is 11.2. The van der Waals surface area contributed by atoms with Gasteiger partial charge in [0.15, 0.2) is 0 Å². The standard InChI is InChI=1S/C10H16O2/c1-8-6-9(11)4-2-3-5-10(12)7-8/h8H,2-7H2,1H3. The van der Waals surface area contributed by atoms with E-state index in [4.69, 9.17) is 0 Å². The lowest BCUT2D eigenvalue weighted by atomic mass is 9.98. The van der Waals surface area contributed by atoms with Crippen LogP contribution in [-0.4, -0.2) is 11.6 Å². The molecule has 0 radical (unpaired) electrons. The van der Waals surface area contributed by atoms with Gasteiger partial charge in [0, 0.05) is 25.7 Å². The fraction of sp³-hybridized carbons (Fsp3) is 0.800. The first-order valence-electron chi connectivity index (χ1n) is 4.72. The van der Waals surface area contributed by atoms with Gasteiger partial charge in [0.1, 0.15) is 11.6 Å². The molecule has 0 aromatic rings. The van der Waals surface area contributed by atoms with E-state index in [1.165, 1.54) is 0 Å². The van der Waals surface area contributed by atoms with Crippen molar-refractivity contribution in [2.24, 2.45) is 5.92 Å². The van der Waals surface area contributed by atoms with E-state index in [9.17, 15) is 9.59 Å². The highest BCUT2D eigenvalue weighted by Crippen LogP contribution is 2.16. The molecule has 0 aromatic heterocycles. The second-order valence-corrected chi connectivity index (χ2v) is 3.80. The van der Waals surface area contributed by atoms with Crippen molar-refractivity contribution in [3.8, 4) is 0 Å². The van der Waals surface area contributed by atoms with E-state index in [0.717, 1.165) is 12.8 Å². The molecule has 0 heterocycles. The third kappa shape index (κ3) is 3.16. The molecule has 0 unspecified atom stereocenters. The lowest BCUT2D eigenvalue weighted by Crippen LogP contribution is -2.07. The third-order valence-corrected chi connectivity index (χ3v) is 2.31. The van der Waals surface area contributed by atoms with Gasteiger partial charge in [-0.05, 0) is 18.8 Å². The van der Waals surface area contributed by atoms with Crippen LogP contribution in [0.3, 0.4) is 0 Å². The van der Waals surface area contributed by atoms with Crippen LogP contribution in [0, 0.1) is 5.92 Å². The van der Waals surface area contributed by atoms with Crippen molar-refractivity contribution < 1.29 is 9.59 Å². The minimum atomic E-state index is 0.267. The molecule has 0 amide bonds. The largest absolute Gasteiger partial charge is 0.300 e. The molecule has 0 aromatic carbocycles. The van der Waals surface area contributed by atoms with Gasteiger partial charge in [0.25, 0.3) is 0 Å². The Bertz CT molecular complexity index is 164. The van der Waals surface area contributed by atoms with Gasteiger partial charge in [0.05, 0.1) is 0 Å². The van der Waals surface area contributed by atoms with E-state index >= 15 is 0 Å². The van der Waals surface area contributed by atoms with E-state index in [-0.39, 0.29) is 5.92 Å². The molecule has 2 heteroatoms. The lowest BCUT2D eigenvalue weighted by Gasteiger charge is -2.06. The third-order valence-electron chi connectivity index (χ3n) is 2.31. The fourth-order valence-corrected chi connectivity index (χ4v) is 1.70. The molecular weight excluding hydrogens is 152 g/mol. The second-order valence-electron chi connectivity index (χ2n) is 3.80. The highest BCUT2D eigenvalue weighted by atomic mass is 16.1. The van der Waals surface area contributed by atoms with Crippen LogP contribution in [-0.2, 0) is 9.59 Å². The second kappa shape index (κ2) is 4.39. The summed E-state index contributed by atoms with van der Waals surface area (Å²) in [6.07, 6.45) is 4.36. The normalized spacial score (nSPS) is 23.1. The zero-order valence-electron chi connectivity index (χ0n) is 7.64. The maximum Gasteiger partial charge on any atom is 0.133 e. The van der Waals surface area contributed by atoms with Gasteiger partial charge in [-0.2, -0.15) is 0 Å². The van der Waals surface area contributed by atoms with E-state index in [1.807, 2.05) is 6.92 Å². The number of Topliss-reactive ketones (excluding diaryl/α,β-unsaturated/α-hetero) is 2. The summed E-state index contributed by atoms with van der Waals surface area (Å²) in [5.74, 6) is 0.928. The van der Waals surface area contributed by atoms with Gasteiger partial charge in [0.2, 0.25) is 0 Å². The Balaban J connectivity index is 2.48. The molecule has 0 N–H and O–H groups in total. The van der Waals surface area contributed by atoms with E-state index in [1.54, 1.807) is 0 Å². The summed E-state index contributed by atoms with van der Waals surface area (Å²) in [7, 11) is 0. The highest BCUT2D eigenvalue weighted by molar-refractivity contribution is 5.82. The van der Waals surface area contributed by atoms with Gasteiger partial charge in [-0.1, -0.05) is 6.92 Å². The monoisotopic (exact) mass is 168 g/mol. The molecule has 0 atom stereocenters. The summed E-state index contributed by atoms with van der Waals surface area (Å²) >= 11 is 0. The fourth-order valence-electron chi connectivity index (χ4n) is 1.70. The van der Waals surface area contributed by atoms with E-state index in [0.29, 0.717) is 37.2 Å². The molecule has 0 aliphatic heterocycles. The number of rotatable bonds is 0. The van der Waals surface area contributed by atoms with Crippen molar-refractivity contribution in [3.63, 3.8) is 0 Å². The molecule has 0 saturated heterocycles. The number of ketones is 2. The first-order valence-corrected chi connectivity index (χ1v) is 4.72. The molecular formula is C10H16O2. The van der Waals surface area contributed by atoms with Crippen LogP contribution in [0.15, 0.2) is 0 Å². The Morgan fingerprint density at radius 3 is 1.83 bits per heavy atom. The number of carbonyl (C=O) groups excluding carboxylic acids is 2. The molecule has 1 aliphatic rings. The van der Waals surface area contributed by atoms with Gasteiger partial charge in [-0.3, -0.25) is 9.59 Å². The summed E-state index contributed by atoms with van der Waals surface area (Å²) < 4.78 is 0. The minimum absolute atomic E-state index is 0.267. The molecule has 1 rings (SSSR count). The van der Waals surface area contributed by atoms with Crippen LogP contribution in [0.5, 0.6) is 0 Å². The molecule has 68 valence electrons. The Kier molecular flexibility index (Phi) is 3.45. The lowest BCUT2D eigenvalue weighted by molar-refractivity contribution is -0.120. The Morgan fingerprint density at radius 2 is 1.42 bits per heavy atom. The van der Waals surface area contributed by atoms with Gasteiger partial charge in [-0.25, -0.2) is 0 Å². The van der Waals surface area contributed by atoms with Crippen molar-refractivity contribution in [2.75, 3.05) is 0 Å². The summed E-state index contributed by atoms with van der Waals surface area (Å²) in [4.78, 5) is 22.4. The van der Waals surface area contributed by atoms with Crippen LogP contribution in [0.2, 0.25) is 0 Å². The van der Waals surface area contributed by atoms with E-state index < -0.39 is 0 Å². The predicted molar refractivity (Wildman–Crippen MR) is 46.9 cm³/mol. The molecule has 2 nitrogen and oxygen atoms in total. The van der Waals surface area contributed by atoms with Crippen LogP contribution < -0.4 is 0 Å². The summed E-state index contributed by atoms with van der Waals surface area (Å²) in [6, 6.07) is 0. The topological polar surface area (TPSA) is 34.1 Å². The van der Waals surface area contributed by atoms with Crippen LogP contribution >= 0.6 is 0 Å². The smallest absolute Gasteiger partial charge is 0.133 e. The van der Waals surface area contributed by atoms with Crippen molar-refractivity contribution in [3.05, 3.63) is 0 Å². The number of hydrogen-bond acceptors (Lipinski definition) is 2. The Hall–Kier alpha value is -0.660. The Morgan fingerprint density at radius 1 is 1.00 bits per heavy atom. The molecule has 0 bridgehead atoms. The first-order chi connectivity index (χ1) is 5.68. The summed E-state index contributed by atoms with van der Waals surface area (Å²) in [5.41, 5.74) is 0. The van der Waals surface area contributed by atoms with Crippen molar-refractivity contribution in [1.82, 2.24) is 0 Å². The SMILES string of the molecule is CC1CC(=O)CCCCC(=O)C1. The maximum absolute atomic E-state index is 11.2. The van der Waals surface area contributed by atoms with Crippen molar-refractivity contribution in [2.45, 2.75) is 45.4 Å². The molecule has 1 fully saturated rings. The van der Waals surface area contributed by atoms with Crippen LogP contribution in [0.25, 0.3) is 0 Å². The predicted octanol–water partition coefficient (Wildman–Crippen LogP) is 2.11. The van der Waals surface area contributed by atoms with Crippen molar-refractivity contribution >= 4 is 11.6 Å². The van der Waals surface area contributed by atoms with Crippen LogP contribution in [0.4, 0.5) is 0 Å². The van der Waals surface area contributed by atoms with Crippen molar-refractivity contribution in [1.29, 1.82) is 0 Å². The van der Waals surface area contributed by atoms with E-state index in [2.05, 4.69) is 0 Å². The van der Waals surface area contributed by atoms with Gasteiger partial charge in [-0.15, -0.1) is 0 Å². The summed E-state index contributed by atoms with van der Waals surface area (Å²) in [6.45, 7) is 1.99. The summed E-state index contributed by atoms with van der Waals surface area (Å²) in [5, 5.41) is 0. The first kappa shape index (κ1) is 9.43. The number of carbonyl (C=O) groups is 2. The minimum Gasteiger partial charge on any atom is -0.300 e. The average molecular weight is 168 g/mol. The molecule has 12 heavy (non-hydrogen) atoms. The molecule has 1 saturated carbocycles. The molecule has 1 aliphatic carbocycles. The van der Waals surface area contributed by atoms with Gasteiger partial charge < -0.3 is 0 Å². The number of hydrogen-bond donors (Lipinski definition) is 0. The quantitative estimate of drug-likeness (QED) is 0.555. The van der Waals surface area contributed by atoms with Crippen LogP contribution in [0.1, 0.15) is 45.4 Å². The zero-order valence-corrected chi connectivity index (χ0v) is 7.64.